The number of anilines is 1. The summed E-state index contributed by atoms with van der Waals surface area (Å²) in [6.45, 7) is 4.28. The summed E-state index contributed by atoms with van der Waals surface area (Å²) in [4.78, 5) is 32.9. The molecule has 1 unspecified atom stereocenters. The van der Waals surface area contributed by atoms with Gasteiger partial charge in [0.2, 0.25) is 11.8 Å². The molecule has 2 N–H and O–H groups in total. The summed E-state index contributed by atoms with van der Waals surface area (Å²) in [5.41, 5.74) is 3.35. The van der Waals surface area contributed by atoms with E-state index in [1.165, 1.54) is 11.3 Å². The maximum Gasteiger partial charge on any atom is 0.227 e. The smallest absolute Gasteiger partial charge is 0.227 e. The molecule has 0 spiro atoms. The zero-order chi connectivity index (χ0) is 20.6. The van der Waals surface area contributed by atoms with Crippen LogP contribution in [0.3, 0.4) is 0 Å². The number of benzene rings is 1. The number of hydrogen-bond donors (Lipinski definition) is 2. The Balaban J connectivity index is 1.53. The van der Waals surface area contributed by atoms with E-state index in [1.54, 1.807) is 12.4 Å². The van der Waals surface area contributed by atoms with Crippen LogP contribution in [0.1, 0.15) is 31.5 Å². The van der Waals surface area contributed by atoms with Crippen LogP contribution in [0.5, 0.6) is 0 Å². The second kappa shape index (κ2) is 9.93. The average Bonchev–Trinajstić information content (AvgIpc) is 3.21. The van der Waals surface area contributed by atoms with E-state index in [1.807, 2.05) is 55.6 Å². The van der Waals surface area contributed by atoms with Crippen molar-refractivity contribution < 1.29 is 9.59 Å². The number of rotatable bonds is 8. The molecular formula is C22H24N4O2S. The molecule has 150 valence electrons. The predicted molar refractivity (Wildman–Crippen MR) is 115 cm³/mol. The highest BCUT2D eigenvalue weighted by atomic mass is 32.1. The van der Waals surface area contributed by atoms with Crippen molar-refractivity contribution in [2.75, 3.05) is 5.32 Å². The van der Waals surface area contributed by atoms with Crippen LogP contribution in [0.15, 0.2) is 54.2 Å². The fraction of sp³-hybridized carbons (Fsp3) is 0.273. The maximum absolute atomic E-state index is 12.3. The van der Waals surface area contributed by atoms with E-state index in [2.05, 4.69) is 20.6 Å². The first-order chi connectivity index (χ1) is 14.0. The van der Waals surface area contributed by atoms with Crippen molar-refractivity contribution >= 4 is 28.8 Å². The lowest BCUT2D eigenvalue weighted by molar-refractivity contribution is -0.121. The highest BCUT2D eigenvalue weighted by Gasteiger charge is 2.11. The number of hydrogen-bond acceptors (Lipinski definition) is 5. The molecule has 1 atom stereocenters. The predicted octanol–water partition coefficient (Wildman–Crippen LogP) is 4.05. The van der Waals surface area contributed by atoms with Crippen molar-refractivity contribution in [3.05, 3.63) is 65.4 Å². The molecule has 0 aliphatic rings. The van der Waals surface area contributed by atoms with Gasteiger partial charge in [-0.3, -0.25) is 14.6 Å². The lowest BCUT2D eigenvalue weighted by atomic mass is 10.1. The van der Waals surface area contributed by atoms with E-state index in [0.717, 1.165) is 33.9 Å². The third-order valence-electron chi connectivity index (χ3n) is 4.55. The van der Waals surface area contributed by atoms with E-state index >= 15 is 0 Å². The van der Waals surface area contributed by atoms with Gasteiger partial charge in [-0.05, 0) is 36.2 Å². The summed E-state index contributed by atoms with van der Waals surface area (Å²) in [6, 6.07) is 11.3. The molecule has 29 heavy (non-hydrogen) atoms. The fourth-order valence-corrected chi connectivity index (χ4v) is 3.46. The SMILES string of the molecule is CCC(C)C(=O)Nc1cccc(CNC(=O)Cc2csc(-c3cccnc3)n2)c1. The highest BCUT2D eigenvalue weighted by Crippen LogP contribution is 2.22. The summed E-state index contributed by atoms with van der Waals surface area (Å²) in [5.74, 6) is -0.128. The van der Waals surface area contributed by atoms with Crippen LogP contribution in [0.4, 0.5) is 5.69 Å². The van der Waals surface area contributed by atoms with Gasteiger partial charge in [0, 0.05) is 41.5 Å². The van der Waals surface area contributed by atoms with Crippen LogP contribution in [-0.4, -0.2) is 21.8 Å². The Labute approximate surface area is 174 Å². The van der Waals surface area contributed by atoms with Gasteiger partial charge >= 0.3 is 0 Å². The third-order valence-corrected chi connectivity index (χ3v) is 5.49. The molecule has 0 fully saturated rings. The molecule has 7 heteroatoms. The molecule has 1 aromatic carbocycles. The van der Waals surface area contributed by atoms with Crippen molar-refractivity contribution in [3.8, 4) is 10.6 Å². The second-order valence-electron chi connectivity index (χ2n) is 6.84. The van der Waals surface area contributed by atoms with Gasteiger partial charge in [-0.15, -0.1) is 11.3 Å². The van der Waals surface area contributed by atoms with Gasteiger partial charge in [0.1, 0.15) is 5.01 Å². The first-order valence-electron chi connectivity index (χ1n) is 9.56. The van der Waals surface area contributed by atoms with Crippen molar-refractivity contribution in [1.29, 1.82) is 0 Å². The molecule has 0 aliphatic heterocycles. The Morgan fingerprint density at radius 1 is 1.21 bits per heavy atom. The zero-order valence-corrected chi connectivity index (χ0v) is 17.3. The Bertz CT molecular complexity index is 972. The molecule has 2 amide bonds. The minimum absolute atomic E-state index is 0.00152. The van der Waals surface area contributed by atoms with Crippen LogP contribution < -0.4 is 10.6 Å². The Hall–Kier alpha value is -3.06. The van der Waals surface area contributed by atoms with Gasteiger partial charge in [-0.25, -0.2) is 4.98 Å². The Kier molecular flexibility index (Phi) is 7.08. The number of carbonyl (C=O) groups is 2. The standard InChI is InChI=1S/C22H24N4O2S/c1-3-15(2)21(28)25-18-8-4-6-16(10-18)12-24-20(27)11-19-14-29-22(26-19)17-7-5-9-23-13-17/h4-10,13-15H,3,11-12H2,1-2H3,(H,24,27)(H,25,28). The van der Waals surface area contributed by atoms with E-state index in [0.29, 0.717) is 6.54 Å². The molecule has 0 bridgehead atoms. The number of amides is 2. The van der Waals surface area contributed by atoms with Crippen LogP contribution >= 0.6 is 11.3 Å². The van der Waals surface area contributed by atoms with Crippen LogP contribution in [0.25, 0.3) is 10.6 Å². The number of carbonyl (C=O) groups excluding carboxylic acids is 2. The molecular weight excluding hydrogens is 384 g/mol. The number of nitrogens with zero attached hydrogens (tertiary/aromatic N) is 2. The lowest BCUT2D eigenvalue weighted by Crippen LogP contribution is -2.25. The lowest BCUT2D eigenvalue weighted by Gasteiger charge is -2.11. The molecule has 3 rings (SSSR count). The van der Waals surface area contributed by atoms with Crippen molar-refractivity contribution in [2.45, 2.75) is 33.2 Å². The minimum Gasteiger partial charge on any atom is -0.352 e. The first kappa shape index (κ1) is 20.7. The van der Waals surface area contributed by atoms with Gasteiger partial charge in [0.05, 0.1) is 12.1 Å². The monoisotopic (exact) mass is 408 g/mol. The Morgan fingerprint density at radius 2 is 2.07 bits per heavy atom. The van der Waals surface area contributed by atoms with Crippen molar-refractivity contribution in [1.82, 2.24) is 15.3 Å². The fourth-order valence-electron chi connectivity index (χ4n) is 2.65. The Morgan fingerprint density at radius 3 is 2.83 bits per heavy atom. The normalized spacial score (nSPS) is 11.7. The van der Waals surface area contributed by atoms with Crippen LogP contribution in [0.2, 0.25) is 0 Å². The van der Waals surface area contributed by atoms with E-state index in [-0.39, 0.29) is 24.2 Å². The number of aromatic nitrogens is 2. The van der Waals surface area contributed by atoms with Crippen LogP contribution in [-0.2, 0) is 22.6 Å². The third kappa shape index (κ3) is 5.96. The topological polar surface area (TPSA) is 84.0 Å². The molecule has 2 aromatic heterocycles. The molecule has 0 saturated carbocycles. The van der Waals surface area contributed by atoms with Gasteiger partial charge in [0.25, 0.3) is 0 Å². The molecule has 6 nitrogen and oxygen atoms in total. The molecule has 0 radical (unpaired) electrons. The summed E-state index contributed by atoms with van der Waals surface area (Å²) in [7, 11) is 0. The van der Waals surface area contributed by atoms with Gasteiger partial charge in [-0.1, -0.05) is 26.0 Å². The minimum atomic E-state index is -0.0953. The van der Waals surface area contributed by atoms with Gasteiger partial charge in [0.15, 0.2) is 0 Å². The summed E-state index contributed by atoms with van der Waals surface area (Å²) < 4.78 is 0. The summed E-state index contributed by atoms with van der Waals surface area (Å²) in [6.07, 6.45) is 4.49. The van der Waals surface area contributed by atoms with E-state index < -0.39 is 0 Å². The number of pyridine rings is 1. The summed E-state index contributed by atoms with van der Waals surface area (Å²) >= 11 is 1.50. The van der Waals surface area contributed by atoms with Crippen molar-refractivity contribution in [2.24, 2.45) is 5.92 Å². The number of nitrogens with one attached hydrogen (secondary N) is 2. The van der Waals surface area contributed by atoms with Crippen LogP contribution in [0, 0.1) is 5.92 Å². The average molecular weight is 409 g/mol. The quantitative estimate of drug-likeness (QED) is 0.589. The van der Waals surface area contributed by atoms with Gasteiger partial charge < -0.3 is 10.6 Å². The zero-order valence-electron chi connectivity index (χ0n) is 16.5. The largest absolute Gasteiger partial charge is 0.352 e. The number of thiazole rings is 1. The molecule has 2 heterocycles. The molecule has 3 aromatic rings. The van der Waals surface area contributed by atoms with E-state index in [4.69, 9.17) is 0 Å². The van der Waals surface area contributed by atoms with Crippen molar-refractivity contribution in [3.63, 3.8) is 0 Å². The maximum atomic E-state index is 12.3. The summed E-state index contributed by atoms with van der Waals surface area (Å²) in [5, 5.41) is 8.57. The van der Waals surface area contributed by atoms with E-state index in [9.17, 15) is 9.59 Å². The first-order valence-corrected chi connectivity index (χ1v) is 10.4. The highest BCUT2D eigenvalue weighted by molar-refractivity contribution is 7.13. The molecule has 0 saturated heterocycles. The molecule has 0 aliphatic carbocycles. The van der Waals surface area contributed by atoms with Gasteiger partial charge in [-0.2, -0.15) is 0 Å². The second-order valence-corrected chi connectivity index (χ2v) is 7.70.